The Balaban J connectivity index is 1.65. The summed E-state index contributed by atoms with van der Waals surface area (Å²) in [5.41, 5.74) is 0.552. The van der Waals surface area contributed by atoms with Gasteiger partial charge in [0.05, 0.1) is 13.4 Å². The predicted molar refractivity (Wildman–Crippen MR) is 83.6 cm³/mol. The number of hydrogen-bond donors (Lipinski definition) is 1. The second-order valence-corrected chi connectivity index (χ2v) is 4.86. The molecule has 23 heavy (non-hydrogen) atoms. The average molecular weight is 313 g/mol. The van der Waals surface area contributed by atoms with E-state index >= 15 is 0 Å². The summed E-state index contributed by atoms with van der Waals surface area (Å²) in [6.45, 7) is 0.666. The van der Waals surface area contributed by atoms with Crippen LogP contribution < -0.4 is 15.6 Å². The SMILES string of the molecule is COc1cc(C(=O)NCCn2ccc3ccoc3c2=O)ccn1. The number of hydrogen-bond acceptors (Lipinski definition) is 5. The van der Waals surface area contributed by atoms with Crippen LogP contribution in [0.2, 0.25) is 0 Å². The van der Waals surface area contributed by atoms with Gasteiger partial charge in [0.1, 0.15) is 0 Å². The van der Waals surface area contributed by atoms with Crippen molar-refractivity contribution in [3.05, 3.63) is 58.8 Å². The Morgan fingerprint density at radius 1 is 1.39 bits per heavy atom. The number of nitrogens with zero attached hydrogens (tertiary/aromatic N) is 2. The molecule has 0 aliphatic heterocycles. The molecule has 3 aromatic heterocycles. The van der Waals surface area contributed by atoms with Crippen molar-refractivity contribution in [2.75, 3.05) is 13.7 Å². The molecule has 0 aromatic carbocycles. The number of amides is 1. The predicted octanol–water partition coefficient (Wildman–Crippen LogP) is 1.43. The fraction of sp³-hybridized carbons (Fsp3) is 0.188. The van der Waals surface area contributed by atoms with Gasteiger partial charge < -0.3 is 19.0 Å². The Labute approximate surface area is 131 Å². The van der Waals surface area contributed by atoms with Crippen molar-refractivity contribution in [1.82, 2.24) is 14.9 Å². The van der Waals surface area contributed by atoms with Crippen LogP contribution in [0.25, 0.3) is 11.0 Å². The van der Waals surface area contributed by atoms with Crippen molar-refractivity contribution in [1.29, 1.82) is 0 Å². The number of methoxy groups -OCH3 is 1. The Morgan fingerprint density at radius 2 is 2.26 bits per heavy atom. The van der Waals surface area contributed by atoms with Crippen molar-refractivity contribution in [2.24, 2.45) is 0 Å². The Bertz CT molecular complexity index is 897. The van der Waals surface area contributed by atoms with Crippen molar-refractivity contribution in [3.8, 4) is 5.88 Å². The number of fused-ring (bicyclic) bond motifs is 1. The molecule has 3 rings (SSSR count). The molecule has 0 saturated carbocycles. The van der Waals surface area contributed by atoms with Crippen LogP contribution in [0.3, 0.4) is 0 Å². The highest BCUT2D eigenvalue weighted by molar-refractivity contribution is 5.94. The maximum absolute atomic E-state index is 12.2. The summed E-state index contributed by atoms with van der Waals surface area (Å²) >= 11 is 0. The maximum atomic E-state index is 12.2. The van der Waals surface area contributed by atoms with Crippen LogP contribution in [0.4, 0.5) is 0 Å². The van der Waals surface area contributed by atoms with E-state index in [1.54, 1.807) is 30.5 Å². The molecule has 118 valence electrons. The highest BCUT2D eigenvalue weighted by atomic mass is 16.5. The number of pyridine rings is 2. The maximum Gasteiger partial charge on any atom is 0.294 e. The van der Waals surface area contributed by atoms with E-state index in [-0.39, 0.29) is 11.5 Å². The van der Waals surface area contributed by atoms with Gasteiger partial charge in [0.15, 0.2) is 5.58 Å². The third-order valence-electron chi connectivity index (χ3n) is 3.43. The number of furan rings is 1. The standard InChI is InChI=1S/C16H15N3O4/c1-22-13-10-12(2-5-17-13)15(20)18-6-8-19-7-3-11-4-9-23-14(11)16(19)21/h2-5,7,9-10H,6,8H2,1H3,(H,18,20). The van der Waals surface area contributed by atoms with Crippen LogP contribution in [-0.4, -0.2) is 29.1 Å². The van der Waals surface area contributed by atoms with Gasteiger partial charge in [0, 0.05) is 42.5 Å². The number of carbonyl (C=O) groups excluding carboxylic acids is 1. The Morgan fingerprint density at radius 3 is 3.09 bits per heavy atom. The normalized spacial score (nSPS) is 10.7. The molecule has 1 N–H and O–H groups in total. The van der Waals surface area contributed by atoms with Gasteiger partial charge in [-0.1, -0.05) is 0 Å². The van der Waals surface area contributed by atoms with Crippen LogP contribution in [-0.2, 0) is 6.54 Å². The van der Waals surface area contributed by atoms with Crippen LogP contribution in [0.1, 0.15) is 10.4 Å². The number of carbonyl (C=O) groups is 1. The van der Waals surface area contributed by atoms with Crippen molar-refractivity contribution in [2.45, 2.75) is 6.54 Å². The molecular weight excluding hydrogens is 298 g/mol. The van der Waals surface area contributed by atoms with Gasteiger partial charge in [-0.15, -0.1) is 0 Å². The second-order valence-electron chi connectivity index (χ2n) is 4.86. The number of nitrogens with one attached hydrogen (secondary N) is 1. The zero-order valence-electron chi connectivity index (χ0n) is 12.5. The molecule has 3 heterocycles. The zero-order valence-corrected chi connectivity index (χ0v) is 12.5. The molecule has 7 nitrogen and oxygen atoms in total. The fourth-order valence-corrected chi connectivity index (χ4v) is 2.22. The summed E-state index contributed by atoms with van der Waals surface area (Å²) in [6, 6.07) is 6.69. The lowest BCUT2D eigenvalue weighted by atomic mass is 10.2. The fourth-order valence-electron chi connectivity index (χ4n) is 2.22. The number of aromatic nitrogens is 2. The minimum Gasteiger partial charge on any atom is -0.481 e. The molecule has 0 bridgehead atoms. The largest absolute Gasteiger partial charge is 0.481 e. The molecule has 0 aliphatic carbocycles. The molecule has 0 atom stereocenters. The Hall–Kier alpha value is -3.09. The summed E-state index contributed by atoms with van der Waals surface area (Å²) in [4.78, 5) is 28.2. The molecule has 1 amide bonds. The first kappa shape index (κ1) is 14.8. The van der Waals surface area contributed by atoms with Gasteiger partial charge in [-0.3, -0.25) is 9.59 Å². The summed E-state index contributed by atoms with van der Waals surface area (Å²) in [6.07, 6.45) is 4.67. The van der Waals surface area contributed by atoms with Crippen LogP contribution >= 0.6 is 0 Å². The van der Waals surface area contributed by atoms with Crippen molar-refractivity contribution < 1.29 is 13.9 Å². The third kappa shape index (κ3) is 3.08. The second kappa shape index (κ2) is 6.35. The molecule has 0 saturated heterocycles. The van der Waals surface area contributed by atoms with E-state index in [9.17, 15) is 9.59 Å². The average Bonchev–Trinajstić information content (AvgIpc) is 3.06. The highest BCUT2D eigenvalue weighted by Gasteiger charge is 2.08. The van der Waals surface area contributed by atoms with Crippen LogP contribution in [0.5, 0.6) is 5.88 Å². The lowest BCUT2D eigenvalue weighted by Gasteiger charge is -2.08. The van der Waals surface area contributed by atoms with Crippen molar-refractivity contribution >= 4 is 16.9 Å². The van der Waals surface area contributed by atoms with E-state index in [1.165, 1.54) is 24.1 Å². The van der Waals surface area contributed by atoms with Crippen LogP contribution in [0.15, 0.2) is 52.1 Å². The van der Waals surface area contributed by atoms with Gasteiger partial charge in [-0.25, -0.2) is 4.98 Å². The quantitative estimate of drug-likeness (QED) is 0.770. The summed E-state index contributed by atoms with van der Waals surface area (Å²) < 4.78 is 11.7. The summed E-state index contributed by atoms with van der Waals surface area (Å²) in [5, 5.41) is 3.52. The monoisotopic (exact) mass is 313 g/mol. The third-order valence-corrected chi connectivity index (χ3v) is 3.43. The van der Waals surface area contributed by atoms with Crippen LogP contribution in [0, 0.1) is 0 Å². The van der Waals surface area contributed by atoms with Gasteiger partial charge in [0.2, 0.25) is 5.88 Å². The molecule has 0 fully saturated rings. The summed E-state index contributed by atoms with van der Waals surface area (Å²) in [7, 11) is 1.49. The van der Waals surface area contributed by atoms with Crippen molar-refractivity contribution in [3.63, 3.8) is 0 Å². The van der Waals surface area contributed by atoms with Gasteiger partial charge in [-0.2, -0.15) is 0 Å². The zero-order chi connectivity index (χ0) is 16.2. The van der Waals surface area contributed by atoms with E-state index in [4.69, 9.17) is 9.15 Å². The first-order chi connectivity index (χ1) is 11.2. The summed E-state index contributed by atoms with van der Waals surface area (Å²) in [5.74, 6) is 0.120. The first-order valence-electron chi connectivity index (χ1n) is 7.04. The molecular formula is C16H15N3O4. The lowest BCUT2D eigenvalue weighted by Crippen LogP contribution is -2.30. The molecule has 7 heteroatoms. The lowest BCUT2D eigenvalue weighted by molar-refractivity contribution is 0.0951. The molecule has 0 aliphatic rings. The number of ether oxygens (including phenoxy) is 1. The van der Waals surface area contributed by atoms with E-state index < -0.39 is 0 Å². The van der Waals surface area contributed by atoms with Gasteiger partial charge in [0.25, 0.3) is 11.5 Å². The van der Waals surface area contributed by atoms with E-state index in [2.05, 4.69) is 10.3 Å². The van der Waals surface area contributed by atoms with E-state index in [0.717, 1.165) is 5.39 Å². The van der Waals surface area contributed by atoms with E-state index in [0.29, 0.717) is 30.1 Å². The highest BCUT2D eigenvalue weighted by Crippen LogP contribution is 2.10. The number of rotatable bonds is 5. The smallest absolute Gasteiger partial charge is 0.294 e. The first-order valence-corrected chi connectivity index (χ1v) is 7.04. The minimum absolute atomic E-state index is 0.215. The topological polar surface area (TPSA) is 86.4 Å². The minimum atomic E-state index is -0.252. The molecule has 0 unspecified atom stereocenters. The van der Waals surface area contributed by atoms with Gasteiger partial charge in [-0.05, 0) is 18.2 Å². The molecule has 3 aromatic rings. The van der Waals surface area contributed by atoms with E-state index in [1.807, 2.05) is 0 Å². The molecule has 0 spiro atoms. The molecule has 0 radical (unpaired) electrons. The van der Waals surface area contributed by atoms with Gasteiger partial charge >= 0.3 is 0 Å². The Kier molecular flexibility index (Phi) is 4.09.